The summed E-state index contributed by atoms with van der Waals surface area (Å²) in [6, 6.07) is 1.85. The first-order valence-corrected chi connectivity index (χ1v) is 4.79. The molecule has 0 radical (unpaired) electrons. The van der Waals surface area contributed by atoms with E-state index in [0.29, 0.717) is 13.0 Å². The summed E-state index contributed by atoms with van der Waals surface area (Å²) < 4.78 is 0. The topological polar surface area (TPSA) is 64.9 Å². The maximum atomic E-state index is 11.3. The van der Waals surface area contributed by atoms with Crippen LogP contribution in [0.2, 0.25) is 0 Å². The second-order valence-electron chi connectivity index (χ2n) is 4.35. The summed E-state index contributed by atoms with van der Waals surface area (Å²) in [4.78, 5) is 11.3. The van der Waals surface area contributed by atoms with E-state index < -0.39 is 0 Å². The van der Waals surface area contributed by atoms with Crippen LogP contribution >= 0.6 is 0 Å². The molecule has 0 fully saturated rings. The highest BCUT2D eigenvalue weighted by atomic mass is 16.1. The fraction of sp³-hybridized carbons (Fsp3) is 0.800. The van der Waals surface area contributed by atoms with Gasteiger partial charge in [-0.25, -0.2) is 0 Å². The fourth-order valence-corrected chi connectivity index (χ4v) is 0.929. The van der Waals surface area contributed by atoms with Crippen molar-refractivity contribution in [2.45, 2.75) is 45.7 Å². The lowest BCUT2D eigenvalue weighted by molar-refractivity contribution is -0.122. The highest BCUT2D eigenvalue weighted by Crippen LogP contribution is 1.98. The minimum atomic E-state index is -0.197. The molecule has 0 rings (SSSR count). The van der Waals surface area contributed by atoms with Gasteiger partial charge in [0.1, 0.15) is 0 Å². The van der Waals surface area contributed by atoms with Crippen molar-refractivity contribution in [1.82, 2.24) is 10.6 Å². The van der Waals surface area contributed by atoms with Crippen molar-refractivity contribution in [3.05, 3.63) is 0 Å². The zero-order valence-electron chi connectivity index (χ0n) is 9.35. The summed E-state index contributed by atoms with van der Waals surface area (Å²) in [6.07, 6.45) is 0.406. The minimum absolute atomic E-state index is 0.00939. The lowest BCUT2D eigenvalue weighted by atomic mass is 10.1. The van der Waals surface area contributed by atoms with Crippen LogP contribution in [0.4, 0.5) is 0 Å². The molecule has 0 bridgehead atoms. The number of nitrogens with one attached hydrogen (secondary N) is 2. The van der Waals surface area contributed by atoms with Crippen LogP contribution in [0.3, 0.4) is 0 Å². The van der Waals surface area contributed by atoms with E-state index >= 15 is 0 Å². The largest absolute Gasteiger partial charge is 0.351 e. The zero-order chi connectivity index (χ0) is 11.2. The van der Waals surface area contributed by atoms with Crippen LogP contribution in [0, 0.1) is 11.3 Å². The molecule has 0 aliphatic rings. The molecule has 0 aromatic rings. The van der Waals surface area contributed by atoms with Crippen LogP contribution in [0.25, 0.3) is 0 Å². The average molecular weight is 197 g/mol. The van der Waals surface area contributed by atoms with Crippen LogP contribution in [0.15, 0.2) is 0 Å². The van der Waals surface area contributed by atoms with Gasteiger partial charge in [0.25, 0.3) is 0 Å². The maximum absolute atomic E-state index is 11.3. The Labute approximate surface area is 85.7 Å². The van der Waals surface area contributed by atoms with Gasteiger partial charge >= 0.3 is 0 Å². The standard InChI is InChI=1S/C10H19N3O/c1-8(7-11)12-6-5-9(14)13-10(2,3)4/h8,12H,5-6H2,1-4H3,(H,13,14). The Kier molecular flexibility index (Phi) is 5.18. The van der Waals surface area contributed by atoms with Gasteiger partial charge in [0, 0.05) is 18.5 Å². The van der Waals surface area contributed by atoms with Gasteiger partial charge in [-0.05, 0) is 27.7 Å². The Hall–Kier alpha value is -1.08. The van der Waals surface area contributed by atoms with Crippen LogP contribution in [0.5, 0.6) is 0 Å². The second-order valence-corrected chi connectivity index (χ2v) is 4.35. The van der Waals surface area contributed by atoms with Crippen molar-refractivity contribution >= 4 is 5.91 Å². The van der Waals surface area contributed by atoms with Crippen LogP contribution in [-0.2, 0) is 4.79 Å². The van der Waals surface area contributed by atoms with Gasteiger partial charge in [0.15, 0.2) is 0 Å². The average Bonchev–Trinajstić information content (AvgIpc) is 2.00. The van der Waals surface area contributed by atoms with E-state index in [-0.39, 0.29) is 17.5 Å². The SMILES string of the molecule is CC(C#N)NCCC(=O)NC(C)(C)C. The number of rotatable bonds is 4. The first-order valence-electron chi connectivity index (χ1n) is 4.79. The molecule has 14 heavy (non-hydrogen) atoms. The van der Waals surface area contributed by atoms with E-state index in [2.05, 4.69) is 10.6 Å². The highest BCUT2D eigenvalue weighted by molar-refractivity contribution is 5.76. The molecule has 0 aromatic carbocycles. The highest BCUT2D eigenvalue weighted by Gasteiger charge is 2.13. The van der Waals surface area contributed by atoms with Crippen LogP contribution in [-0.4, -0.2) is 24.0 Å². The molecule has 1 unspecified atom stereocenters. The number of carbonyl (C=O) groups excluding carboxylic acids is 1. The molecule has 1 amide bonds. The predicted octanol–water partition coefficient (Wildman–Crippen LogP) is 0.793. The summed E-state index contributed by atoms with van der Waals surface area (Å²) in [6.45, 7) is 8.13. The van der Waals surface area contributed by atoms with Crippen LogP contribution in [0.1, 0.15) is 34.1 Å². The zero-order valence-corrected chi connectivity index (χ0v) is 9.35. The van der Waals surface area contributed by atoms with E-state index in [1.54, 1.807) is 6.92 Å². The van der Waals surface area contributed by atoms with E-state index in [1.165, 1.54) is 0 Å². The lowest BCUT2D eigenvalue weighted by Crippen LogP contribution is -2.42. The smallest absolute Gasteiger partial charge is 0.221 e. The van der Waals surface area contributed by atoms with E-state index in [0.717, 1.165) is 0 Å². The quantitative estimate of drug-likeness (QED) is 0.700. The number of nitrogens with zero attached hydrogens (tertiary/aromatic N) is 1. The predicted molar refractivity (Wildman–Crippen MR) is 55.6 cm³/mol. The molecule has 0 spiro atoms. The number of nitriles is 1. The molecule has 4 heteroatoms. The summed E-state index contributed by atoms with van der Waals surface area (Å²) in [5.74, 6) is 0.00939. The number of hydrogen-bond acceptors (Lipinski definition) is 3. The number of amides is 1. The summed E-state index contributed by atoms with van der Waals surface area (Å²) in [5, 5.41) is 14.2. The van der Waals surface area contributed by atoms with Crippen molar-refractivity contribution in [3.8, 4) is 6.07 Å². The van der Waals surface area contributed by atoms with Gasteiger partial charge in [-0.2, -0.15) is 5.26 Å². The Morgan fingerprint density at radius 3 is 2.50 bits per heavy atom. The van der Waals surface area contributed by atoms with Crippen molar-refractivity contribution in [1.29, 1.82) is 5.26 Å². The Morgan fingerprint density at radius 2 is 2.07 bits per heavy atom. The maximum Gasteiger partial charge on any atom is 0.221 e. The molecule has 0 aliphatic heterocycles. The third-order valence-electron chi connectivity index (χ3n) is 1.51. The monoisotopic (exact) mass is 197 g/mol. The Balaban J connectivity index is 3.62. The molecule has 4 nitrogen and oxygen atoms in total. The van der Waals surface area contributed by atoms with Gasteiger partial charge in [0.05, 0.1) is 12.1 Å². The third-order valence-corrected chi connectivity index (χ3v) is 1.51. The molecule has 80 valence electrons. The number of carbonyl (C=O) groups is 1. The summed E-state index contributed by atoms with van der Waals surface area (Å²) >= 11 is 0. The molecule has 0 heterocycles. The van der Waals surface area contributed by atoms with E-state index in [1.807, 2.05) is 26.8 Å². The van der Waals surface area contributed by atoms with Crippen molar-refractivity contribution < 1.29 is 4.79 Å². The minimum Gasteiger partial charge on any atom is -0.351 e. The lowest BCUT2D eigenvalue weighted by Gasteiger charge is -2.20. The molecule has 1 atom stereocenters. The normalized spacial score (nSPS) is 13.1. The van der Waals surface area contributed by atoms with Crippen molar-refractivity contribution in [3.63, 3.8) is 0 Å². The second kappa shape index (κ2) is 5.61. The molecule has 0 aliphatic carbocycles. The summed E-state index contributed by atoms with van der Waals surface area (Å²) in [7, 11) is 0. The fourth-order valence-electron chi connectivity index (χ4n) is 0.929. The van der Waals surface area contributed by atoms with E-state index in [9.17, 15) is 4.79 Å². The van der Waals surface area contributed by atoms with E-state index in [4.69, 9.17) is 5.26 Å². The van der Waals surface area contributed by atoms with Gasteiger partial charge in [-0.1, -0.05) is 0 Å². The van der Waals surface area contributed by atoms with Crippen molar-refractivity contribution in [2.75, 3.05) is 6.54 Å². The van der Waals surface area contributed by atoms with Crippen molar-refractivity contribution in [2.24, 2.45) is 0 Å². The molecule has 2 N–H and O–H groups in total. The first kappa shape index (κ1) is 12.9. The van der Waals surface area contributed by atoms with Gasteiger partial charge in [-0.3, -0.25) is 4.79 Å². The Morgan fingerprint density at radius 1 is 1.50 bits per heavy atom. The third kappa shape index (κ3) is 7.56. The van der Waals surface area contributed by atoms with Gasteiger partial charge < -0.3 is 10.6 Å². The molecule has 0 saturated heterocycles. The molecular formula is C10H19N3O. The molecule has 0 saturated carbocycles. The number of hydrogen-bond donors (Lipinski definition) is 2. The molecule has 0 aromatic heterocycles. The van der Waals surface area contributed by atoms with Gasteiger partial charge in [0.2, 0.25) is 5.91 Å². The summed E-state index contributed by atoms with van der Waals surface area (Å²) in [5.41, 5.74) is -0.183. The molecular weight excluding hydrogens is 178 g/mol. The van der Waals surface area contributed by atoms with Crippen LogP contribution < -0.4 is 10.6 Å². The Bertz CT molecular complexity index is 225. The van der Waals surface area contributed by atoms with Gasteiger partial charge in [-0.15, -0.1) is 0 Å². The first-order chi connectivity index (χ1) is 6.35.